The molecular weight excluding hydrogens is 1740 g/mol. The van der Waals surface area contributed by atoms with Gasteiger partial charge in [0.25, 0.3) is 0 Å². The van der Waals surface area contributed by atoms with Crippen molar-refractivity contribution in [3.05, 3.63) is 214 Å². The Bertz CT molecular complexity index is 6070. The molecule has 3 N–H and O–H groups in total. The largest absolute Gasteiger partial charge is 0.491 e. The van der Waals surface area contributed by atoms with E-state index in [2.05, 4.69) is 58.0 Å². The van der Waals surface area contributed by atoms with Gasteiger partial charge in [0.15, 0.2) is 0 Å². The summed E-state index contributed by atoms with van der Waals surface area (Å²) in [5.74, 6) is 2.37. The number of benzene rings is 4. The summed E-state index contributed by atoms with van der Waals surface area (Å²) in [6, 6.07) is 42.6. The smallest absolute Gasteiger partial charge is 0.325 e. The van der Waals surface area contributed by atoms with Gasteiger partial charge >= 0.3 is 11.9 Å². The van der Waals surface area contributed by atoms with Gasteiger partial charge in [-0.3, -0.25) is 9.59 Å². The highest BCUT2D eigenvalue weighted by atomic mass is 79.9. The van der Waals surface area contributed by atoms with Crippen molar-refractivity contribution in [1.82, 2.24) is 56.3 Å². The van der Waals surface area contributed by atoms with Gasteiger partial charge in [0.1, 0.15) is 63.3 Å². The van der Waals surface area contributed by atoms with Crippen molar-refractivity contribution in [1.29, 1.82) is 0 Å². The second-order valence-electron chi connectivity index (χ2n) is 33.2. The molecule has 666 valence electrons. The third-order valence-electron chi connectivity index (χ3n) is 22.8. The Labute approximate surface area is 740 Å². The summed E-state index contributed by atoms with van der Waals surface area (Å²) in [5.41, 5.74) is 10.4. The normalized spacial score (nSPS) is 16.1. The molecule has 125 heavy (non-hydrogen) atoms. The SMILES string of the molecule is CC(C)Oc1ccc(S(=O)(=O)N2CCC(c3c[nH]c4nc(Br)ccc34)CC2)cc1.COC(=O)Cn1cc(C2CCN(S(=O)(=O)c3ccc(OC(C)C)cc3)CC2)c2ccc(C)nc21.Cc1ccc2c(C3CCN(S(=O)(=O)c4ccc(OC(C)C)cc4)CC3)c[nH]c2n1.Cc1ccc2c(C3CCN(S(=O)(=O)c4ccc(OC(C)C)cc4)CC3)cn(CC(=O)O)c2n1. The zero-order valence-electron chi connectivity index (χ0n) is 72.6. The van der Waals surface area contributed by atoms with Gasteiger partial charge in [-0.05, 0) is 335 Å². The van der Waals surface area contributed by atoms with E-state index in [-0.39, 0.29) is 65.1 Å². The number of nitrogens with one attached hydrogen (secondary N) is 2. The number of aromatic amines is 2. The number of H-pyrrole nitrogens is 2. The van der Waals surface area contributed by atoms with Gasteiger partial charge in [0.2, 0.25) is 40.1 Å². The Balaban J connectivity index is 0.000000143. The quantitative estimate of drug-likeness (QED) is 0.0374. The molecule has 28 nitrogen and oxygen atoms in total. The maximum absolute atomic E-state index is 13.2. The number of hydrogen-bond donors (Lipinski definition) is 3. The summed E-state index contributed by atoms with van der Waals surface area (Å²) >= 11 is 3.39. The number of sulfonamides is 4. The number of aromatic nitrogens is 8. The molecule has 12 heterocycles. The third-order valence-corrected chi connectivity index (χ3v) is 30.9. The lowest BCUT2D eigenvalue weighted by atomic mass is 9.90. The molecule has 4 fully saturated rings. The number of carbonyl (C=O) groups excluding carboxylic acids is 1. The highest BCUT2D eigenvalue weighted by molar-refractivity contribution is 9.10. The molecule has 0 atom stereocenters. The van der Waals surface area contributed by atoms with Crippen LogP contribution >= 0.6 is 15.9 Å². The van der Waals surface area contributed by atoms with E-state index >= 15 is 0 Å². The Morgan fingerprint density at radius 1 is 0.384 bits per heavy atom. The summed E-state index contributed by atoms with van der Waals surface area (Å²) < 4.78 is 143. The number of carboxylic acid groups (broad SMARTS) is 1. The molecule has 0 spiro atoms. The number of aliphatic carboxylic acids is 1. The van der Waals surface area contributed by atoms with Gasteiger partial charge < -0.3 is 47.9 Å². The van der Waals surface area contributed by atoms with E-state index in [9.17, 15) is 48.4 Å². The zero-order valence-corrected chi connectivity index (χ0v) is 77.4. The average Bonchev–Trinajstić information content (AvgIpc) is 1.62. The van der Waals surface area contributed by atoms with Crippen LogP contribution in [0.1, 0.15) is 170 Å². The molecule has 4 aliphatic heterocycles. The number of rotatable bonds is 24. The van der Waals surface area contributed by atoms with Crippen LogP contribution in [0.25, 0.3) is 44.1 Å². The number of nitrogens with zero attached hydrogens (tertiary/aromatic N) is 10. The minimum Gasteiger partial charge on any atom is -0.491 e. The Kier molecular flexibility index (Phi) is 29.5. The van der Waals surface area contributed by atoms with Gasteiger partial charge in [-0.15, -0.1) is 0 Å². The number of hydrogen-bond acceptors (Lipinski definition) is 19. The molecule has 16 rings (SSSR count). The van der Waals surface area contributed by atoms with Gasteiger partial charge in [0, 0.05) is 116 Å². The lowest BCUT2D eigenvalue weighted by Gasteiger charge is -2.31. The number of carboxylic acids is 1. The molecule has 0 saturated carbocycles. The van der Waals surface area contributed by atoms with E-state index in [1.165, 1.54) is 22.5 Å². The number of fused-ring (bicyclic) bond motifs is 4. The second-order valence-corrected chi connectivity index (χ2v) is 41.7. The van der Waals surface area contributed by atoms with Crippen LogP contribution in [-0.2, 0) is 67.5 Å². The first kappa shape index (κ1) is 92.6. The first-order chi connectivity index (χ1) is 59.5. The van der Waals surface area contributed by atoms with Crippen LogP contribution in [0.4, 0.5) is 0 Å². The molecule has 33 heteroatoms. The fourth-order valence-corrected chi connectivity index (χ4v) is 22.9. The molecular formula is C92H111BrN12O16S4. The lowest BCUT2D eigenvalue weighted by Crippen LogP contribution is -2.37. The maximum Gasteiger partial charge on any atom is 0.325 e. The standard InChI is InChI=1S/C25H31N3O5S.C24H29N3O5S.C22H27N3O3S.C21H24BrN3O3S/c1-17(2)33-20-6-8-21(9-7-20)34(30,31)28-13-11-19(12-14-28)23-15-27(16-24(29)32-4)25-22(23)10-5-18(3)26-25;1-16(2)32-19-5-7-20(8-6-19)33(30,31)27-12-10-18(11-13-27)22-14-26(15-23(28)29)24-21(22)9-4-17(3)25-24;1-15(2)28-18-5-7-19(8-6-18)29(26,27)25-12-10-17(11-13-25)21-14-23-22-20(21)9-4-16(3)24-22;1-14(2)28-16-3-5-17(6-4-16)29(26,27)25-11-9-15(10-12-25)19-13-23-21-18(19)7-8-20(22)24-21/h5-10,15,17,19H,11-14,16H2,1-4H3;4-9,14,16,18H,10-13,15H2,1-3H3,(H,28,29);4-9,14-15,17H,10-13H2,1-3H3,(H,23,24);3-8,13-15H,9-12H2,1-2H3,(H,23,24). The number of halogens is 1. The molecule has 0 amide bonds. The predicted octanol–water partition coefficient (Wildman–Crippen LogP) is 16.6. The van der Waals surface area contributed by atoms with Crippen LogP contribution in [0.2, 0.25) is 0 Å². The Morgan fingerprint density at radius 2 is 0.656 bits per heavy atom. The number of pyridine rings is 4. The van der Waals surface area contributed by atoms with Crippen molar-refractivity contribution in [3.8, 4) is 23.0 Å². The van der Waals surface area contributed by atoms with Crippen LogP contribution < -0.4 is 18.9 Å². The summed E-state index contributed by atoms with van der Waals surface area (Å²) in [6.07, 6.45) is 13.9. The maximum atomic E-state index is 13.2. The summed E-state index contributed by atoms with van der Waals surface area (Å²) in [5, 5.41) is 13.5. The number of esters is 1. The van der Waals surface area contributed by atoms with Gasteiger partial charge in [-0.1, -0.05) is 0 Å². The highest BCUT2D eigenvalue weighted by Crippen LogP contribution is 2.41. The highest BCUT2D eigenvalue weighted by Gasteiger charge is 2.37. The monoisotopic (exact) mass is 1850 g/mol. The fourth-order valence-electron chi connectivity index (χ4n) is 16.7. The van der Waals surface area contributed by atoms with Crippen LogP contribution in [-0.4, -0.2) is 191 Å². The molecule has 0 unspecified atom stereocenters. The molecule has 0 radical (unpaired) electrons. The summed E-state index contributed by atoms with van der Waals surface area (Å²) in [4.78, 5) is 49.0. The van der Waals surface area contributed by atoms with Crippen LogP contribution in [0.3, 0.4) is 0 Å². The molecule has 4 aliphatic rings. The first-order valence-corrected chi connectivity index (χ1v) is 48.9. The van der Waals surface area contributed by atoms with E-state index in [1.807, 2.05) is 142 Å². The van der Waals surface area contributed by atoms with Gasteiger partial charge in [-0.25, -0.2) is 53.6 Å². The topological polar surface area (TPSA) is 343 Å². The molecule has 0 aliphatic carbocycles. The lowest BCUT2D eigenvalue weighted by molar-refractivity contribution is -0.141. The van der Waals surface area contributed by atoms with Crippen molar-refractivity contribution < 1.29 is 72.1 Å². The van der Waals surface area contributed by atoms with Crippen LogP contribution in [0.5, 0.6) is 23.0 Å². The van der Waals surface area contributed by atoms with E-state index in [0.717, 1.165) is 97.0 Å². The summed E-state index contributed by atoms with van der Waals surface area (Å²) in [7, 11) is -12.8. The van der Waals surface area contributed by atoms with Gasteiger partial charge in [0.05, 0.1) is 51.1 Å². The van der Waals surface area contributed by atoms with Crippen molar-refractivity contribution in [2.75, 3.05) is 59.5 Å². The number of piperidine rings is 4. The van der Waals surface area contributed by atoms with E-state index < -0.39 is 46.1 Å². The van der Waals surface area contributed by atoms with Crippen LogP contribution in [0.15, 0.2) is 195 Å². The van der Waals surface area contributed by atoms with Crippen molar-refractivity contribution >= 4 is 112 Å². The minimum absolute atomic E-state index is 0.0204. The van der Waals surface area contributed by atoms with Gasteiger partial charge in [-0.2, -0.15) is 17.2 Å². The van der Waals surface area contributed by atoms with E-state index in [1.54, 1.807) is 115 Å². The average molecular weight is 1850 g/mol. The number of ether oxygens (including phenoxy) is 5. The fraction of sp³-hybridized carbons (Fsp3) is 0.413. The number of methoxy groups -OCH3 is 1. The molecule has 4 aromatic carbocycles. The molecule has 4 saturated heterocycles. The Morgan fingerprint density at radius 3 is 0.952 bits per heavy atom. The van der Waals surface area contributed by atoms with Crippen molar-refractivity contribution in [2.24, 2.45) is 0 Å². The predicted molar refractivity (Wildman–Crippen MR) is 485 cm³/mol. The van der Waals surface area contributed by atoms with Crippen molar-refractivity contribution in [3.63, 3.8) is 0 Å². The molecule has 0 bridgehead atoms. The Hall–Kier alpha value is -10.1. The van der Waals surface area contributed by atoms with Crippen molar-refractivity contribution in [2.45, 2.75) is 208 Å². The summed E-state index contributed by atoms with van der Waals surface area (Å²) in [6.45, 7) is 24.9. The molecule has 8 aromatic heterocycles. The second kappa shape index (κ2) is 39.8. The van der Waals surface area contributed by atoms with Crippen LogP contribution in [0, 0.1) is 20.8 Å². The number of carbonyl (C=O) groups is 2. The molecule has 12 aromatic rings. The third kappa shape index (κ3) is 22.1. The minimum atomic E-state index is -3.59. The number of aryl methyl sites for hydroxylation is 3. The first-order valence-electron chi connectivity index (χ1n) is 42.4. The van der Waals surface area contributed by atoms with E-state index in [4.69, 9.17) is 23.7 Å². The van der Waals surface area contributed by atoms with E-state index in [0.29, 0.717) is 128 Å². The zero-order chi connectivity index (χ0) is 89.4.